The summed E-state index contributed by atoms with van der Waals surface area (Å²) in [5.41, 5.74) is 3.74. The van der Waals surface area contributed by atoms with Gasteiger partial charge in [0.15, 0.2) is 0 Å². The Morgan fingerprint density at radius 2 is 2.25 bits per heavy atom. The molecule has 2 atom stereocenters. The van der Waals surface area contributed by atoms with Crippen LogP contribution < -0.4 is 5.73 Å². The Morgan fingerprint density at radius 1 is 1.67 bits per heavy atom. The van der Waals surface area contributed by atoms with Crippen molar-refractivity contribution in [3.05, 3.63) is 0 Å². The van der Waals surface area contributed by atoms with Crippen LogP contribution in [0.4, 0.5) is 0 Å². The first-order chi connectivity index (χ1) is 5.52. The molecule has 1 fully saturated rings. The summed E-state index contributed by atoms with van der Waals surface area (Å²) in [7, 11) is -0.571. The van der Waals surface area contributed by atoms with Gasteiger partial charge >= 0.3 is 13.0 Å². The van der Waals surface area contributed by atoms with Gasteiger partial charge in [-0.1, -0.05) is 0 Å². The highest BCUT2D eigenvalue weighted by Gasteiger charge is 2.40. The van der Waals surface area contributed by atoms with Crippen molar-refractivity contribution in [3.63, 3.8) is 0 Å². The lowest BCUT2D eigenvalue weighted by molar-refractivity contribution is -0.421. The van der Waals surface area contributed by atoms with E-state index >= 15 is 0 Å². The molecule has 1 aliphatic rings. The number of aliphatic carboxylic acids is 1. The van der Waals surface area contributed by atoms with Gasteiger partial charge in [-0.15, -0.1) is 0 Å². The van der Waals surface area contributed by atoms with Crippen molar-refractivity contribution in [2.45, 2.75) is 12.9 Å². The molecule has 0 amide bonds. The highest BCUT2D eigenvalue weighted by atomic mass is 16.4. The highest BCUT2D eigenvalue weighted by Crippen LogP contribution is 2.14. The molecule has 68 valence electrons. The van der Waals surface area contributed by atoms with Crippen molar-refractivity contribution in [3.8, 4) is 0 Å². The average Bonchev–Trinajstić information content (AvgIpc) is 2.30. The van der Waals surface area contributed by atoms with Crippen molar-refractivity contribution >= 4 is 13.0 Å². The van der Waals surface area contributed by atoms with E-state index in [2.05, 4.69) is 5.73 Å². The van der Waals surface area contributed by atoms with E-state index in [1.807, 2.05) is 0 Å². The third-order valence-electron chi connectivity index (χ3n) is 2.31. The predicted molar refractivity (Wildman–Crippen MR) is 43.2 cm³/mol. The molecule has 0 unspecified atom stereocenters. The third-order valence-corrected chi connectivity index (χ3v) is 2.31. The zero-order valence-electron chi connectivity index (χ0n) is 7.10. The summed E-state index contributed by atoms with van der Waals surface area (Å²) in [6.07, 6.45) is 0. The van der Waals surface area contributed by atoms with Gasteiger partial charge in [0, 0.05) is 13.1 Å². The fourth-order valence-corrected chi connectivity index (χ4v) is 1.49. The number of carboxylic acids is 1. The molecule has 5 nitrogen and oxygen atoms in total. The fraction of sp³-hybridized carbons (Fsp3) is 0.833. The molecule has 0 radical (unpaired) electrons. The second kappa shape index (κ2) is 3.43. The second-order valence-corrected chi connectivity index (χ2v) is 3.29. The summed E-state index contributed by atoms with van der Waals surface area (Å²) in [4.78, 5) is 12.4. The molecule has 0 aromatic carbocycles. The number of hydrogen-bond acceptors (Lipinski definition) is 3. The maximum Gasteiger partial charge on any atom is 0.376 e. The number of nitrogens with zero attached hydrogens (tertiary/aromatic N) is 1. The van der Waals surface area contributed by atoms with Crippen LogP contribution in [0, 0.1) is 5.92 Å². The molecular weight excluding hydrogens is 159 g/mol. The molecule has 1 rings (SSSR count). The van der Waals surface area contributed by atoms with Crippen molar-refractivity contribution in [2.24, 2.45) is 5.92 Å². The highest BCUT2D eigenvalue weighted by molar-refractivity contribution is 6.45. The molecular formula is C6H14BN2O3+. The number of hydrogen-bond donors (Lipinski definition) is 3. The first kappa shape index (κ1) is 9.50. The van der Waals surface area contributed by atoms with Gasteiger partial charge in [-0.05, 0) is 6.82 Å². The minimum absolute atomic E-state index is 0.114. The van der Waals surface area contributed by atoms with Gasteiger partial charge < -0.3 is 20.7 Å². The Labute approximate surface area is 71.3 Å². The lowest BCUT2D eigenvalue weighted by atomic mass is 9.86. The van der Waals surface area contributed by atoms with Crippen LogP contribution in [0.25, 0.3) is 0 Å². The predicted octanol–water partition coefficient (Wildman–Crippen LogP) is -2.28. The van der Waals surface area contributed by atoms with Gasteiger partial charge in [0.1, 0.15) is 12.0 Å². The lowest BCUT2D eigenvalue weighted by Gasteiger charge is -2.13. The molecule has 0 saturated carbocycles. The van der Waals surface area contributed by atoms with E-state index in [9.17, 15) is 9.82 Å². The topological polar surface area (TPSA) is 88.4 Å². The van der Waals surface area contributed by atoms with E-state index in [0.717, 1.165) is 0 Å². The Morgan fingerprint density at radius 3 is 2.50 bits per heavy atom. The van der Waals surface area contributed by atoms with Gasteiger partial charge in [0.2, 0.25) is 0 Å². The van der Waals surface area contributed by atoms with Crippen LogP contribution in [0.3, 0.4) is 0 Å². The molecule has 5 N–H and O–H groups in total. The van der Waals surface area contributed by atoms with Crippen molar-refractivity contribution < 1.29 is 20.7 Å². The molecule has 1 saturated heterocycles. The Kier molecular flexibility index (Phi) is 2.71. The molecule has 1 aliphatic heterocycles. The van der Waals surface area contributed by atoms with Gasteiger partial charge in [0.05, 0.1) is 0 Å². The minimum atomic E-state index is -0.821. The molecule has 12 heavy (non-hydrogen) atoms. The molecule has 1 heterocycles. The van der Waals surface area contributed by atoms with Gasteiger partial charge in [-0.2, -0.15) is 0 Å². The molecule has 0 aromatic heterocycles. The fourth-order valence-electron chi connectivity index (χ4n) is 1.49. The Hall–Kier alpha value is -0.585. The summed E-state index contributed by atoms with van der Waals surface area (Å²) in [6.45, 7) is 2.60. The molecule has 0 aliphatic carbocycles. The van der Waals surface area contributed by atoms with Crippen molar-refractivity contribution in [1.29, 1.82) is 0 Å². The summed E-state index contributed by atoms with van der Waals surface area (Å²) >= 11 is 0. The monoisotopic (exact) mass is 173 g/mol. The maximum absolute atomic E-state index is 10.6. The third kappa shape index (κ3) is 1.77. The van der Waals surface area contributed by atoms with Crippen LogP contribution in [-0.2, 0) is 4.79 Å². The lowest BCUT2D eigenvalue weighted by Crippen LogP contribution is -2.66. The average molecular weight is 173 g/mol. The number of carboxylic acid groups (broad SMARTS) is 1. The molecule has 0 aromatic rings. The smallest absolute Gasteiger partial charge is 0.376 e. The van der Waals surface area contributed by atoms with Gasteiger partial charge in [-0.3, -0.25) is 4.79 Å². The van der Waals surface area contributed by atoms with E-state index in [1.54, 1.807) is 11.6 Å². The number of carbonyl (C=O) groups is 1. The van der Waals surface area contributed by atoms with Crippen LogP contribution >= 0.6 is 0 Å². The maximum atomic E-state index is 10.6. The van der Waals surface area contributed by atoms with E-state index in [4.69, 9.17) is 5.11 Å². The van der Waals surface area contributed by atoms with Crippen LogP contribution in [0.15, 0.2) is 0 Å². The van der Waals surface area contributed by atoms with Gasteiger partial charge in [0.25, 0.3) is 0 Å². The van der Waals surface area contributed by atoms with Crippen molar-refractivity contribution in [1.82, 2.24) is 4.81 Å². The van der Waals surface area contributed by atoms with Crippen LogP contribution in [-0.4, -0.2) is 47.1 Å². The normalized spacial score (nSPS) is 30.6. The summed E-state index contributed by atoms with van der Waals surface area (Å²) < 4.78 is 0. The largest absolute Gasteiger partial charge is 0.481 e. The quantitative estimate of drug-likeness (QED) is 0.410. The minimum Gasteiger partial charge on any atom is -0.481 e. The molecule has 0 spiro atoms. The Balaban J connectivity index is 2.56. The van der Waals surface area contributed by atoms with E-state index in [0.29, 0.717) is 13.1 Å². The zero-order chi connectivity index (χ0) is 9.30. The Bertz CT molecular complexity index is 188. The molecule has 6 heteroatoms. The van der Waals surface area contributed by atoms with E-state index < -0.39 is 18.9 Å². The molecule has 0 bridgehead atoms. The number of quaternary nitrogens is 1. The summed E-state index contributed by atoms with van der Waals surface area (Å²) in [5, 5.41) is 17.9. The van der Waals surface area contributed by atoms with E-state index in [1.165, 1.54) is 0 Å². The zero-order valence-corrected chi connectivity index (χ0v) is 7.10. The summed E-state index contributed by atoms with van der Waals surface area (Å²) in [6, 6.07) is -0.114. The van der Waals surface area contributed by atoms with Crippen molar-refractivity contribution in [2.75, 3.05) is 13.1 Å². The second-order valence-electron chi connectivity index (χ2n) is 3.29. The number of rotatable bonds is 2. The first-order valence-corrected chi connectivity index (χ1v) is 4.00. The van der Waals surface area contributed by atoms with Crippen LogP contribution in [0.1, 0.15) is 0 Å². The standard InChI is InChI=1S/C6H13BN2O3/c1-7(12)9-2-4(6(10)11)5(8)3-9/h4-5,12H,2-3,8H2,1H3,(H,10,11)/p+1/t4-,5-/m1/s1. The van der Waals surface area contributed by atoms with Crippen LogP contribution in [0.5, 0.6) is 0 Å². The SMILES string of the molecule is CB(O)N1C[C@@H]([NH3+])[C@H](C(=O)O)C1. The first-order valence-electron chi connectivity index (χ1n) is 4.00. The van der Waals surface area contributed by atoms with Gasteiger partial charge in [-0.25, -0.2) is 0 Å². The van der Waals surface area contributed by atoms with E-state index in [-0.39, 0.29) is 6.04 Å². The summed E-state index contributed by atoms with van der Waals surface area (Å²) in [5.74, 6) is -1.25. The van der Waals surface area contributed by atoms with Crippen LogP contribution in [0.2, 0.25) is 6.82 Å².